The number of alkyl halides is 3. The first-order chi connectivity index (χ1) is 8.12. The second-order valence-corrected chi connectivity index (χ2v) is 3.69. The number of halogens is 4. The Balaban J connectivity index is 3.47. The highest BCUT2D eigenvalue weighted by Gasteiger charge is 2.36. The van der Waals surface area contributed by atoms with E-state index in [9.17, 15) is 22.4 Å². The fourth-order valence-electron chi connectivity index (χ4n) is 1.33. The molecule has 7 heteroatoms. The third kappa shape index (κ3) is 3.06. The van der Waals surface area contributed by atoms with Gasteiger partial charge in [-0.05, 0) is 24.6 Å². The van der Waals surface area contributed by atoms with Crippen LogP contribution >= 0.6 is 0 Å². The largest absolute Gasteiger partial charge is 0.419 e. The second kappa shape index (κ2) is 4.75. The minimum absolute atomic E-state index is 0.104. The van der Waals surface area contributed by atoms with E-state index >= 15 is 0 Å². The van der Waals surface area contributed by atoms with E-state index in [1.165, 1.54) is 6.92 Å². The number of benzene rings is 1. The predicted octanol–water partition coefficient (Wildman–Crippen LogP) is 3.19. The van der Waals surface area contributed by atoms with Crippen molar-refractivity contribution in [3.63, 3.8) is 0 Å². The van der Waals surface area contributed by atoms with Gasteiger partial charge in [-0.15, -0.1) is 0 Å². The minimum Gasteiger partial charge on any atom is -0.324 e. The van der Waals surface area contributed by atoms with E-state index in [0.29, 0.717) is 6.07 Å². The lowest BCUT2D eigenvalue weighted by atomic mass is 10.0. The summed E-state index contributed by atoms with van der Waals surface area (Å²) in [7, 11) is 0. The van der Waals surface area contributed by atoms with Gasteiger partial charge in [-0.3, -0.25) is 4.79 Å². The Labute approximate surface area is 100 Å². The number of carbonyl (C=O) groups is 1. The van der Waals surface area contributed by atoms with Crippen LogP contribution in [0.2, 0.25) is 0 Å². The summed E-state index contributed by atoms with van der Waals surface area (Å²) in [4.78, 5) is 10.8. The van der Waals surface area contributed by atoms with E-state index < -0.39 is 29.2 Å². The quantitative estimate of drug-likeness (QED) is 0.624. The maximum Gasteiger partial charge on any atom is 0.419 e. The van der Waals surface area contributed by atoms with Crippen molar-refractivity contribution in [2.24, 2.45) is 0 Å². The molecule has 1 amide bonds. The smallest absolute Gasteiger partial charge is 0.324 e. The van der Waals surface area contributed by atoms with Crippen LogP contribution in [-0.4, -0.2) is 11.6 Å². The molecule has 0 atom stereocenters. The number of hydrogen-bond donors (Lipinski definition) is 2. The van der Waals surface area contributed by atoms with Gasteiger partial charge in [0, 0.05) is 12.6 Å². The van der Waals surface area contributed by atoms with Gasteiger partial charge in [-0.2, -0.15) is 13.2 Å². The van der Waals surface area contributed by atoms with Gasteiger partial charge < -0.3 is 10.7 Å². The number of anilines is 1. The Bertz CT molecular complexity index is 509. The Kier molecular flexibility index (Phi) is 3.73. The van der Waals surface area contributed by atoms with E-state index in [4.69, 9.17) is 5.41 Å². The molecule has 0 spiro atoms. The SMILES string of the molecule is CC(=N)c1cc(NC(C)=O)c(F)c(C(F)(F)F)c1. The summed E-state index contributed by atoms with van der Waals surface area (Å²) in [5.41, 5.74) is -2.35. The molecule has 0 aliphatic rings. The molecular weight excluding hydrogens is 252 g/mol. The molecule has 0 heterocycles. The Morgan fingerprint density at radius 1 is 1.28 bits per heavy atom. The molecule has 0 saturated carbocycles. The number of rotatable bonds is 2. The first-order valence-electron chi connectivity index (χ1n) is 4.86. The van der Waals surface area contributed by atoms with Crippen LogP contribution in [0.4, 0.5) is 23.2 Å². The highest BCUT2D eigenvalue weighted by molar-refractivity contribution is 5.98. The van der Waals surface area contributed by atoms with Crippen LogP contribution in [0.5, 0.6) is 0 Å². The zero-order valence-corrected chi connectivity index (χ0v) is 9.57. The van der Waals surface area contributed by atoms with E-state index in [-0.39, 0.29) is 11.3 Å². The number of nitrogens with one attached hydrogen (secondary N) is 2. The summed E-state index contributed by atoms with van der Waals surface area (Å²) in [6, 6.07) is 1.54. The third-order valence-electron chi connectivity index (χ3n) is 2.12. The molecule has 0 aliphatic heterocycles. The second-order valence-electron chi connectivity index (χ2n) is 3.69. The van der Waals surface area contributed by atoms with Gasteiger partial charge in [0.25, 0.3) is 0 Å². The van der Waals surface area contributed by atoms with Crippen LogP contribution in [0.3, 0.4) is 0 Å². The lowest BCUT2D eigenvalue weighted by molar-refractivity contribution is -0.140. The highest BCUT2D eigenvalue weighted by atomic mass is 19.4. The van der Waals surface area contributed by atoms with E-state index in [1.54, 1.807) is 0 Å². The third-order valence-corrected chi connectivity index (χ3v) is 2.12. The fourth-order valence-corrected chi connectivity index (χ4v) is 1.33. The highest BCUT2D eigenvalue weighted by Crippen LogP contribution is 2.35. The van der Waals surface area contributed by atoms with Gasteiger partial charge in [-0.25, -0.2) is 4.39 Å². The summed E-state index contributed by atoms with van der Waals surface area (Å²) in [6.07, 6.45) is -4.89. The molecular formula is C11H10F4N2O. The lowest BCUT2D eigenvalue weighted by Crippen LogP contribution is -2.15. The zero-order valence-electron chi connectivity index (χ0n) is 9.57. The molecule has 2 N–H and O–H groups in total. The first-order valence-corrected chi connectivity index (χ1v) is 4.86. The standard InChI is InChI=1S/C11H10F4N2O/c1-5(16)7-3-8(11(13,14)15)10(12)9(4-7)17-6(2)18/h3-4,16H,1-2H3,(H,17,18). The number of carbonyl (C=O) groups excluding carboxylic acids is 1. The monoisotopic (exact) mass is 262 g/mol. The summed E-state index contributed by atoms with van der Waals surface area (Å²) < 4.78 is 51.3. The minimum atomic E-state index is -4.89. The van der Waals surface area contributed by atoms with Crippen molar-refractivity contribution in [3.05, 3.63) is 29.1 Å². The fraction of sp³-hybridized carbons (Fsp3) is 0.273. The maximum absolute atomic E-state index is 13.6. The van der Waals surface area contributed by atoms with Crippen molar-refractivity contribution in [2.45, 2.75) is 20.0 Å². The van der Waals surface area contributed by atoms with Gasteiger partial charge in [0.1, 0.15) is 0 Å². The summed E-state index contributed by atoms with van der Waals surface area (Å²) in [6.45, 7) is 2.32. The Hall–Kier alpha value is -1.92. The molecule has 98 valence electrons. The number of hydrogen-bond acceptors (Lipinski definition) is 2. The van der Waals surface area contributed by atoms with Crippen molar-refractivity contribution in [1.29, 1.82) is 5.41 Å². The molecule has 1 aromatic carbocycles. The average Bonchev–Trinajstić information content (AvgIpc) is 2.18. The summed E-state index contributed by atoms with van der Waals surface area (Å²) >= 11 is 0. The maximum atomic E-state index is 13.6. The van der Waals surface area contributed by atoms with Gasteiger partial charge in [-0.1, -0.05) is 0 Å². The summed E-state index contributed by atoms with van der Waals surface area (Å²) in [5, 5.41) is 9.25. The van der Waals surface area contributed by atoms with Gasteiger partial charge in [0.2, 0.25) is 5.91 Å². The van der Waals surface area contributed by atoms with Gasteiger partial charge in [0.15, 0.2) is 5.82 Å². The molecule has 0 saturated heterocycles. The molecule has 1 rings (SSSR count). The molecule has 0 radical (unpaired) electrons. The average molecular weight is 262 g/mol. The molecule has 0 aliphatic carbocycles. The number of amides is 1. The van der Waals surface area contributed by atoms with Crippen molar-refractivity contribution in [2.75, 3.05) is 5.32 Å². The molecule has 3 nitrogen and oxygen atoms in total. The Morgan fingerprint density at radius 3 is 2.22 bits per heavy atom. The van der Waals surface area contributed by atoms with E-state index in [1.807, 2.05) is 5.32 Å². The van der Waals surface area contributed by atoms with Gasteiger partial charge in [0.05, 0.1) is 11.3 Å². The molecule has 18 heavy (non-hydrogen) atoms. The molecule has 0 fully saturated rings. The van der Waals surface area contributed by atoms with Crippen molar-refractivity contribution in [1.82, 2.24) is 0 Å². The topological polar surface area (TPSA) is 53.0 Å². The van der Waals surface area contributed by atoms with Crippen LogP contribution in [0.1, 0.15) is 25.0 Å². The van der Waals surface area contributed by atoms with Crippen molar-refractivity contribution in [3.8, 4) is 0 Å². The van der Waals surface area contributed by atoms with Crippen LogP contribution in [0.25, 0.3) is 0 Å². The molecule has 0 bridgehead atoms. The van der Waals surface area contributed by atoms with E-state index in [0.717, 1.165) is 13.0 Å². The molecule has 0 aromatic heterocycles. The normalized spacial score (nSPS) is 11.2. The Morgan fingerprint density at radius 2 is 1.83 bits per heavy atom. The summed E-state index contributed by atoms with van der Waals surface area (Å²) in [5.74, 6) is -2.25. The van der Waals surface area contributed by atoms with Crippen LogP contribution < -0.4 is 5.32 Å². The molecule has 1 aromatic rings. The predicted molar refractivity (Wildman–Crippen MR) is 58.2 cm³/mol. The van der Waals surface area contributed by atoms with Crippen molar-refractivity contribution < 1.29 is 22.4 Å². The van der Waals surface area contributed by atoms with Crippen LogP contribution in [0.15, 0.2) is 12.1 Å². The zero-order chi connectivity index (χ0) is 14.1. The van der Waals surface area contributed by atoms with Gasteiger partial charge >= 0.3 is 6.18 Å². The van der Waals surface area contributed by atoms with Crippen LogP contribution in [0, 0.1) is 11.2 Å². The lowest BCUT2D eigenvalue weighted by Gasteiger charge is -2.14. The van der Waals surface area contributed by atoms with E-state index in [2.05, 4.69) is 0 Å². The molecule has 0 unspecified atom stereocenters. The van der Waals surface area contributed by atoms with Crippen molar-refractivity contribution >= 4 is 17.3 Å². The first kappa shape index (κ1) is 14.1. The van der Waals surface area contributed by atoms with Crippen LogP contribution in [-0.2, 0) is 11.0 Å².